The number of rotatable bonds is 6. The molecule has 2 heterocycles. The average molecular weight is 263 g/mol. The van der Waals surface area contributed by atoms with Gasteiger partial charge in [-0.1, -0.05) is 19.9 Å². The lowest BCUT2D eigenvalue weighted by atomic mass is 9.91. The Labute approximate surface area is 113 Å². The van der Waals surface area contributed by atoms with E-state index in [1.165, 1.54) is 4.88 Å². The first-order valence-electron chi connectivity index (χ1n) is 6.38. The van der Waals surface area contributed by atoms with Crippen molar-refractivity contribution in [3.05, 3.63) is 40.6 Å². The summed E-state index contributed by atoms with van der Waals surface area (Å²) in [5, 5.41) is 5.65. The maximum Gasteiger partial charge on any atom is 0.122 e. The zero-order chi connectivity index (χ0) is 13.0. The van der Waals surface area contributed by atoms with Crippen molar-refractivity contribution < 1.29 is 0 Å². The van der Waals surface area contributed by atoms with Gasteiger partial charge < -0.3 is 9.88 Å². The molecule has 0 saturated heterocycles. The summed E-state index contributed by atoms with van der Waals surface area (Å²) in [5.74, 6) is 1.11. The molecule has 98 valence electrons. The molecule has 2 rings (SSSR count). The molecule has 3 nitrogen and oxygen atoms in total. The van der Waals surface area contributed by atoms with Gasteiger partial charge in [-0.05, 0) is 18.4 Å². The van der Waals surface area contributed by atoms with E-state index in [1.807, 2.05) is 23.7 Å². The second-order valence-electron chi connectivity index (χ2n) is 5.09. The van der Waals surface area contributed by atoms with E-state index in [2.05, 4.69) is 53.2 Å². The zero-order valence-electron chi connectivity index (χ0n) is 11.3. The summed E-state index contributed by atoms with van der Waals surface area (Å²) in [6.07, 6.45) is 3.90. The molecule has 0 spiro atoms. The summed E-state index contributed by atoms with van der Waals surface area (Å²) >= 11 is 1.82. The Morgan fingerprint density at radius 1 is 1.44 bits per heavy atom. The first-order chi connectivity index (χ1) is 8.63. The maximum atomic E-state index is 4.37. The highest BCUT2D eigenvalue weighted by Gasteiger charge is 2.21. The molecule has 0 atom stereocenters. The highest BCUT2D eigenvalue weighted by molar-refractivity contribution is 7.10. The highest BCUT2D eigenvalue weighted by atomic mass is 32.1. The van der Waals surface area contributed by atoms with Gasteiger partial charge in [0.15, 0.2) is 0 Å². The van der Waals surface area contributed by atoms with Gasteiger partial charge in [-0.3, -0.25) is 0 Å². The molecule has 0 aliphatic rings. The maximum absolute atomic E-state index is 4.37. The van der Waals surface area contributed by atoms with Crippen molar-refractivity contribution in [3.63, 3.8) is 0 Å². The predicted octanol–water partition coefficient (Wildman–Crippen LogP) is 3.03. The molecular formula is C14H21N3S. The molecule has 1 N–H and O–H groups in total. The van der Waals surface area contributed by atoms with E-state index in [9.17, 15) is 0 Å². The van der Waals surface area contributed by atoms with Crippen LogP contribution in [0, 0.1) is 0 Å². The van der Waals surface area contributed by atoms with Crippen molar-refractivity contribution in [2.75, 3.05) is 6.54 Å². The van der Waals surface area contributed by atoms with Crippen molar-refractivity contribution in [2.45, 2.75) is 39.3 Å². The van der Waals surface area contributed by atoms with Crippen LogP contribution in [0.4, 0.5) is 0 Å². The van der Waals surface area contributed by atoms with Crippen LogP contribution >= 0.6 is 11.3 Å². The third-order valence-corrected chi connectivity index (χ3v) is 4.42. The van der Waals surface area contributed by atoms with Crippen LogP contribution in [0.25, 0.3) is 0 Å². The molecule has 18 heavy (non-hydrogen) atoms. The third kappa shape index (κ3) is 3.00. The quantitative estimate of drug-likeness (QED) is 0.868. The number of aromatic nitrogens is 2. The van der Waals surface area contributed by atoms with E-state index in [1.54, 1.807) is 0 Å². The summed E-state index contributed by atoms with van der Waals surface area (Å²) < 4.78 is 2.17. The predicted molar refractivity (Wildman–Crippen MR) is 77.0 cm³/mol. The second kappa shape index (κ2) is 5.67. The third-order valence-electron chi connectivity index (χ3n) is 3.18. The molecular weight excluding hydrogens is 242 g/mol. The second-order valence-corrected chi connectivity index (χ2v) is 6.04. The van der Waals surface area contributed by atoms with Crippen molar-refractivity contribution in [2.24, 2.45) is 0 Å². The molecule has 4 heteroatoms. The fraction of sp³-hybridized carbons (Fsp3) is 0.500. The number of nitrogens with one attached hydrogen (secondary N) is 1. The van der Waals surface area contributed by atoms with Gasteiger partial charge in [0.1, 0.15) is 5.82 Å². The van der Waals surface area contributed by atoms with Gasteiger partial charge >= 0.3 is 0 Å². The summed E-state index contributed by atoms with van der Waals surface area (Å²) in [6.45, 7) is 9.46. The number of nitrogens with zero attached hydrogens (tertiary/aromatic N) is 2. The molecule has 0 amide bonds. The SMILES string of the molecule is CCn1ccnc1CNCC(C)(C)c1cccs1. The summed E-state index contributed by atoms with van der Waals surface area (Å²) in [5.41, 5.74) is 0.178. The van der Waals surface area contributed by atoms with Crippen molar-refractivity contribution in [1.29, 1.82) is 0 Å². The van der Waals surface area contributed by atoms with Crippen LogP contribution in [0.5, 0.6) is 0 Å². The number of hydrogen-bond acceptors (Lipinski definition) is 3. The summed E-state index contributed by atoms with van der Waals surface area (Å²) in [7, 11) is 0. The first kappa shape index (κ1) is 13.3. The lowest BCUT2D eigenvalue weighted by Gasteiger charge is -2.23. The van der Waals surface area contributed by atoms with Crippen LogP contribution in [0.2, 0.25) is 0 Å². The van der Waals surface area contributed by atoms with Gasteiger partial charge in [0.25, 0.3) is 0 Å². The van der Waals surface area contributed by atoms with E-state index < -0.39 is 0 Å². The molecule has 2 aromatic heterocycles. The fourth-order valence-electron chi connectivity index (χ4n) is 2.03. The lowest BCUT2D eigenvalue weighted by molar-refractivity contribution is 0.467. The van der Waals surface area contributed by atoms with E-state index in [-0.39, 0.29) is 5.41 Å². The number of imidazole rings is 1. The van der Waals surface area contributed by atoms with Crippen LogP contribution in [0.15, 0.2) is 29.9 Å². The van der Waals surface area contributed by atoms with Crippen LogP contribution in [-0.4, -0.2) is 16.1 Å². The molecule has 2 aromatic rings. The monoisotopic (exact) mass is 263 g/mol. The summed E-state index contributed by atoms with van der Waals surface area (Å²) in [4.78, 5) is 5.80. The van der Waals surface area contributed by atoms with Gasteiger partial charge in [-0.2, -0.15) is 0 Å². The Morgan fingerprint density at radius 2 is 2.28 bits per heavy atom. The van der Waals surface area contributed by atoms with Crippen LogP contribution < -0.4 is 5.32 Å². The molecule has 0 bridgehead atoms. The first-order valence-corrected chi connectivity index (χ1v) is 7.26. The topological polar surface area (TPSA) is 29.9 Å². The smallest absolute Gasteiger partial charge is 0.122 e. The van der Waals surface area contributed by atoms with Gasteiger partial charge in [0.2, 0.25) is 0 Å². The van der Waals surface area contributed by atoms with E-state index >= 15 is 0 Å². The van der Waals surface area contributed by atoms with Crippen molar-refractivity contribution >= 4 is 11.3 Å². The van der Waals surface area contributed by atoms with Crippen molar-refractivity contribution in [1.82, 2.24) is 14.9 Å². The molecule has 0 saturated carbocycles. The van der Waals surface area contributed by atoms with E-state index in [0.717, 1.165) is 25.5 Å². The Morgan fingerprint density at radius 3 is 2.94 bits per heavy atom. The number of thiophene rings is 1. The fourth-order valence-corrected chi connectivity index (χ4v) is 2.88. The Balaban J connectivity index is 1.89. The number of aryl methyl sites for hydroxylation is 1. The average Bonchev–Trinajstić information content (AvgIpc) is 2.99. The molecule has 0 aromatic carbocycles. The van der Waals surface area contributed by atoms with Gasteiger partial charge in [0, 0.05) is 35.8 Å². The Hall–Kier alpha value is -1.13. The van der Waals surface area contributed by atoms with Crippen molar-refractivity contribution in [3.8, 4) is 0 Å². The minimum atomic E-state index is 0.178. The summed E-state index contributed by atoms with van der Waals surface area (Å²) in [6, 6.07) is 4.32. The molecule has 0 unspecified atom stereocenters. The molecule has 0 aliphatic heterocycles. The highest BCUT2D eigenvalue weighted by Crippen LogP contribution is 2.26. The Bertz CT molecular complexity index is 471. The van der Waals surface area contributed by atoms with Crippen LogP contribution in [0.1, 0.15) is 31.5 Å². The minimum absolute atomic E-state index is 0.178. The molecule has 0 radical (unpaired) electrons. The molecule has 0 fully saturated rings. The normalized spacial score (nSPS) is 11.9. The minimum Gasteiger partial charge on any atom is -0.334 e. The van der Waals surface area contributed by atoms with Crippen LogP contribution in [-0.2, 0) is 18.5 Å². The Kier molecular flexibility index (Phi) is 4.19. The van der Waals surface area contributed by atoms with E-state index in [4.69, 9.17) is 0 Å². The standard InChI is InChI=1S/C14H21N3S/c1-4-17-8-7-16-13(17)10-15-11-14(2,3)12-6-5-9-18-12/h5-9,15H,4,10-11H2,1-3H3. The largest absolute Gasteiger partial charge is 0.334 e. The molecule has 0 aliphatic carbocycles. The van der Waals surface area contributed by atoms with Crippen LogP contribution in [0.3, 0.4) is 0 Å². The van der Waals surface area contributed by atoms with Gasteiger partial charge in [0.05, 0.1) is 6.54 Å². The van der Waals surface area contributed by atoms with Gasteiger partial charge in [-0.25, -0.2) is 4.98 Å². The zero-order valence-corrected chi connectivity index (χ0v) is 12.1. The lowest BCUT2D eigenvalue weighted by Crippen LogP contribution is -2.32. The van der Waals surface area contributed by atoms with E-state index in [0.29, 0.717) is 0 Å². The number of hydrogen-bond donors (Lipinski definition) is 1. The van der Waals surface area contributed by atoms with Gasteiger partial charge in [-0.15, -0.1) is 11.3 Å².